The second-order valence-electron chi connectivity index (χ2n) is 5.56. The van der Waals surface area contributed by atoms with E-state index < -0.39 is 0 Å². The molecule has 2 atom stereocenters. The maximum Gasteiger partial charge on any atom is 0.123 e. The van der Waals surface area contributed by atoms with Crippen LogP contribution in [0.15, 0.2) is 30.5 Å². The summed E-state index contributed by atoms with van der Waals surface area (Å²) in [7, 11) is 2.00. The van der Waals surface area contributed by atoms with Crippen molar-refractivity contribution >= 4 is 0 Å². The van der Waals surface area contributed by atoms with Crippen molar-refractivity contribution < 1.29 is 4.39 Å². The van der Waals surface area contributed by atoms with Crippen LogP contribution in [0.4, 0.5) is 4.39 Å². The topological polar surface area (TPSA) is 29.9 Å². The van der Waals surface area contributed by atoms with Crippen LogP contribution in [0.5, 0.6) is 0 Å². The summed E-state index contributed by atoms with van der Waals surface area (Å²) in [6.07, 6.45) is 5.33. The Morgan fingerprint density at radius 1 is 1.45 bits per heavy atom. The van der Waals surface area contributed by atoms with Gasteiger partial charge in [-0.1, -0.05) is 12.1 Å². The predicted molar refractivity (Wildman–Crippen MR) is 76.8 cm³/mol. The lowest BCUT2D eigenvalue weighted by atomic mass is 9.92. The number of hydrogen-bond donors (Lipinski definition) is 1. The molecule has 0 saturated carbocycles. The zero-order chi connectivity index (χ0) is 14.1. The molecule has 4 heteroatoms. The molecule has 1 aromatic heterocycles. The Hall–Kier alpha value is -1.68. The van der Waals surface area contributed by atoms with E-state index in [1.807, 2.05) is 24.0 Å². The second-order valence-corrected chi connectivity index (χ2v) is 5.56. The van der Waals surface area contributed by atoms with Crippen molar-refractivity contribution in [3.63, 3.8) is 0 Å². The first kappa shape index (κ1) is 13.3. The second kappa shape index (κ2) is 5.37. The fraction of sp³-hybridized carbons (Fsp3) is 0.438. The smallest absolute Gasteiger partial charge is 0.123 e. The molecule has 1 N–H and O–H groups in total. The zero-order valence-corrected chi connectivity index (χ0v) is 11.9. The fourth-order valence-corrected chi connectivity index (χ4v) is 3.05. The predicted octanol–water partition coefficient (Wildman–Crippen LogP) is 3.29. The van der Waals surface area contributed by atoms with E-state index in [9.17, 15) is 4.39 Å². The van der Waals surface area contributed by atoms with E-state index in [-0.39, 0.29) is 11.9 Å². The molecule has 0 bridgehead atoms. The molecule has 0 radical (unpaired) electrons. The van der Waals surface area contributed by atoms with Gasteiger partial charge >= 0.3 is 0 Å². The standard InChI is InChI=1S/C16H20FN3/c1-11(12-5-3-6-13(17)9-12)19-15-7-4-8-16-14(15)10-18-20(16)2/h3,5-6,9-11,15,19H,4,7-8H2,1-2H3/t11-,15?/m0/s1. The molecule has 0 spiro atoms. The molecule has 3 rings (SSSR count). The third-order valence-electron chi connectivity index (χ3n) is 4.18. The van der Waals surface area contributed by atoms with Gasteiger partial charge in [0.15, 0.2) is 0 Å². The molecule has 2 aromatic rings. The third-order valence-corrected chi connectivity index (χ3v) is 4.18. The van der Waals surface area contributed by atoms with Crippen LogP contribution in [0.1, 0.15) is 48.7 Å². The average molecular weight is 273 g/mol. The molecule has 1 aromatic carbocycles. The summed E-state index contributed by atoms with van der Waals surface area (Å²) in [6, 6.07) is 7.25. The summed E-state index contributed by atoms with van der Waals surface area (Å²) in [6.45, 7) is 2.08. The Kier molecular flexibility index (Phi) is 3.57. The fourth-order valence-electron chi connectivity index (χ4n) is 3.05. The molecule has 0 saturated heterocycles. The summed E-state index contributed by atoms with van der Waals surface area (Å²) in [5.74, 6) is -0.179. The lowest BCUT2D eigenvalue weighted by Gasteiger charge is -2.27. The van der Waals surface area contributed by atoms with E-state index >= 15 is 0 Å². The Morgan fingerprint density at radius 3 is 3.10 bits per heavy atom. The molecule has 1 aliphatic carbocycles. The van der Waals surface area contributed by atoms with Gasteiger partial charge in [0.2, 0.25) is 0 Å². The number of aryl methyl sites for hydroxylation is 1. The molecular formula is C16H20FN3. The van der Waals surface area contributed by atoms with Crippen LogP contribution in [0.25, 0.3) is 0 Å². The van der Waals surface area contributed by atoms with Crippen LogP contribution >= 0.6 is 0 Å². The van der Waals surface area contributed by atoms with Crippen molar-refractivity contribution in [3.8, 4) is 0 Å². The Labute approximate surface area is 118 Å². The van der Waals surface area contributed by atoms with Gasteiger partial charge in [-0.25, -0.2) is 4.39 Å². The first-order valence-electron chi connectivity index (χ1n) is 7.17. The Morgan fingerprint density at radius 2 is 2.30 bits per heavy atom. The molecular weight excluding hydrogens is 253 g/mol. The van der Waals surface area contributed by atoms with E-state index in [1.54, 1.807) is 12.1 Å². The van der Waals surface area contributed by atoms with Gasteiger partial charge in [0.05, 0.1) is 6.20 Å². The maximum atomic E-state index is 13.3. The van der Waals surface area contributed by atoms with E-state index in [0.717, 1.165) is 18.4 Å². The number of rotatable bonds is 3. The molecule has 0 aliphatic heterocycles. The van der Waals surface area contributed by atoms with E-state index in [0.29, 0.717) is 6.04 Å². The average Bonchev–Trinajstić information content (AvgIpc) is 2.82. The number of nitrogens with one attached hydrogen (secondary N) is 1. The molecule has 0 amide bonds. The van der Waals surface area contributed by atoms with Gasteiger partial charge in [-0.05, 0) is 43.9 Å². The number of hydrogen-bond acceptors (Lipinski definition) is 2. The van der Waals surface area contributed by atoms with Gasteiger partial charge < -0.3 is 5.32 Å². The number of aromatic nitrogens is 2. The lowest BCUT2D eigenvalue weighted by Crippen LogP contribution is -2.27. The first-order chi connectivity index (χ1) is 9.65. The highest BCUT2D eigenvalue weighted by Gasteiger charge is 2.24. The van der Waals surface area contributed by atoms with Crippen LogP contribution in [-0.4, -0.2) is 9.78 Å². The van der Waals surface area contributed by atoms with Crippen LogP contribution in [0, 0.1) is 5.82 Å². The monoisotopic (exact) mass is 273 g/mol. The van der Waals surface area contributed by atoms with Crippen molar-refractivity contribution in [2.24, 2.45) is 7.05 Å². The van der Waals surface area contributed by atoms with Crippen LogP contribution in [0.2, 0.25) is 0 Å². The SMILES string of the molecule is C[C@H](NC1CCCc2c1cnn2C)c1cccc(F)c1. The molecule has 1 unspecified atom stereocenters. The normalized spacial score (nSPS) is 19.6. The quantitative estimate of drug-likeness (QED) is 0.930. The maximum absolute atomic E-state index is 13.3. The number of nitrogens with zero attached hydrogens (tertiary/aromatic N) is 2. The number of benzene rings is 1. The van der Waals surface area contributed by atoms with Crippen LogP contribution < -0.4 is 5.32 Å². The van der Waals surface area contributed by atoms with Crippen molar-refractivity contribution in [3.05, 3.63) is 53.1 Å². The zero-order valence-electron chi connectivity index (χ0n) is 11.9. The van der Waals surface area contributed by atoms with E-state index in [4.69, 9.17) is 0 Å². The van der Waals surface area contributed by atoms with Crippen molar-refractivity contribution in [1.29, 1.82) is 0 Å². The van der Waals surface area contributed by atoms with Crippen molar-refractivity contribution in [2.45, 2.75) is 38.3 Å². The molecule has 0 fully saturated rings. The van der Waals surface area contributed by atoms with Crippen molar-refractivity contribution in [1.82, 2.24) is 15.1 Å². The van der Waals surface area contributed by atoms with E-state index in [2.05, 4.69) is 17.3 Å². The highest BCUT2D eigenvalue weighted by atomic mass is 19.1. The van der Waals surface area contributed by atoms with Crippen molar-refractivity contribution in [2.75, 3.05) is 0 Å². The van der Waals surface area contributed by atoms with Gasteiger partial charge in [0.25, 0.3) is 0 Å². The van der Waals surface area contributed by atoms with Crippen LogP contribution in [0.3, 0.4) is 0 Å². The van der Waals surface area contributed by atoms with E-state index in [1.165, 1.54) is 23.7 Å². The first-order valence-corrected chi connectivity index (χ1v) is 7.17. The molecule has 3 nitrogen and oxygen atoms in total. The summed E-state index contributed by atoms with van der Waals surface area (Å²) in [4.78, 5) is 0. The third kappa shape index (κ3) is 2.48. The lowest BCUT2D eigenvalue weighted by molar-refractivity contribution is 0.410. The van der Waals surface area contributed by atoms with Gasteiger partial charge in [0, 0.05) is 30.4 Å². The van der Waals surface area contributed by atoms with Gasteiger partial charge in [0.1, 0.15) is 5.82 Å². The molecule has 106 valence electrons. The van der Waals surface area contributed by atoms with Crippen LogP contribution in [-0.2, 0) is 13.5 Å². The summed E-state index contributed by atoms with van der Waals surface area (Å²) < 4.78 is 15.3. The largest absolute Gasteiger partial charge is 0.303 e. The Balaban J connectivity index is 1.78. The minimum Gasteiger partial charge on any atom is -0.303 e. The number of fused-ring (bicyclic) bond motifs is 1. The van der Waals surface area contributed by atoms with Gasteiger partial charge in [-0.3, -0.25) is 4.68 Å². The summed E-state index contributed by atoms with van der Waals surface area (Å²) in [5.41, 5.74) is 3.60. The highest BCUT2D eigenvalue weighted by molar-refractivity contribution is 5.26. The minimum absolute atomic E-state index is 0.127. The number of halogens is 1. The minimum atomic E-state index is -0.179. The van der Waals surface area contributed by atoms with Gasteiger partial charge in [-0.2, -0.15) is 5.10 Å². The molecule has 20 heavy (non-hydrogen) atoms. The molecule has 1 aliphatic rings. The highest BCUT2D eigenvalue weighted by Crippen LogP contribution is 2.31. The summed E-state index contributed by atoms with van der Waals surface area (Å²) >= 11 is 0. The molecule has 1 heterocycles. The van der Waals surface area contributed by atoms with Gasteiger partial charge in [-0.15, -0.1) is 0 Å². The Bertz CT molecular complexity index is 606. The summed E-state index contributed by atoms with van der Waals surface area (Å²) in [5, 5.41) is 7.97.